The van der Waals surface area contributed by atoms with Gasteiger partial charge in [-0.3, -0.25) is 14.6 Å². The number of nitrogens with one attached hydrogen (secondary N) is 1. The average molecular weight is 396 g/mol. The van der Waals surface area contributed by atoms with Gasteiger partial charge in [-0.15, -0.1) is 0 Å². The minimum Gasteiger partial charge on any atom is -0.492 e. The van der Waals surface area contributed by atoms with Gasteiger partial charge in [0.05, 0.1) is 6.04 Å². The lowest BCUT2D eigenvalue weighted by Crippen LogP contribution is -2.54. The van der Waals surface area contributed by atoms with Crippen molar-refractivity contribution in [2.24, 2.45) is 0 Å². The van der Waals surface area contributed by atoms with Crippen LogP contribution in [0.1, 0.15) is 19.8 Å². The molecule has 1 aromatic carbocycles. The lowest BCUT2D eigenvalue weighted by Gasteiger charge is -2.37. The molecule has 1 aliphatic carbocycles. The Morgan fingerprint density at radius 3 is 2.75 bits per heavy atom. The van der Waals surface area contributed by atoms with E-state index in [1.54, 1.807) is 0 Å². The van der Waals surface area contributed by atoms with Gasteiger partial charge in [0.1, 0.15) is 12.4 Å². The highest BCUT2D eigenvalue weighted by atomic mass is 79.9. The Morgan fingerprint density at radius 2 is 2.08 bits per heavy atom. The predicted molar refractivity (Wildman–Crippen MR) is 98.3 cm³/mol. The SMILES string of the molecule is CC(C(=O)NC1CC1)N1CCN(CCOc2cccc(Br)c2)CC1. The van der Waals surface area contributed by atoms with E-state index in [4.69, 9.17) is 4.74 Å². The summed E-state index contributed by atoms with van der Waals surface area (Å²) >= 11 is 3.45. The van der Waals surface area contributed by atoms with Crippen molar-refractivity contribution in [3.63, 3.8) is 0 Å². The standard InChI is InChI=1S/C18H26BrN3O2/c1-14(18(23)20-16-5-6-16)22-9-7-21(8-10-22)11-12-24-17-4-2-3-15(19)13-17/h2-4,13-14,16H,5-12H2,1H3,(H,20,23). The number of benzene rings is 1. The van der Waals surface area contributed by atoms with Crippen LogP contribution in [-0.4, -0.2) is 67.1 Å². The molecule has 0 spiro atoms. The number of rotatable bonds is 7. The maximum atomic E-state index is 12.1. The van der Waals surface area contributed by atoms with E-state index < -0.39 is 0 Å². The zero-order valence-corrected chi connectivity index (χ0v) is 15.8. The highest BCUT2D eigenvalue weighted by Gasteiger charge is 2.29. The summed E-state index contributed by atoms with van der Waals surface area (Å²) in [6.07, 6.45) is 2.29. The van der Waals surface area contributed by atoms with Crippen molar-refractivity contribution >= 4 is 21.8 Å². The maximum absolute atomic E-state index is 12.1. The van der Waals surface area contributed by atoms with Crippen LogP contribution >= 0.6 is 15.9 Å². The monoisotopic (exact) mass is 395 g/mol. The lowest BCUT2D eigenvalue weighted by molar-refractivity contribution is -0.126. The van der Waals surface area contributed by atoms with E-state index in [0.29, 0.717) is 12.6 Å². The molecule has 1 atom stereocenters. The first-order valence-electron chi connectivity index (χ1n) is 8.77. The van der Waals surface area contributed by atoms with E-state index in [9.17, 15) is 4.79 Å². The summed E-state index contributed by atoms with van der Waals surface area (Å²) in [6.45, 7) is 7.49. The van der Waals surface area contributed by atoms with Gasteiger partial charge >= 0.3 is 0 Å². The molecule has 1 aliphatic heterocycles. The third-order valence-electron chi connectivity index (χ3n) is 4.73. The molecule has 1 saturated carbocycles. The number of piperazine rings is 1. The van der Waals surface area contributed by atoms with Crippen LogP contribution in [0.25, 0.3) is 0 Å². The van der Waals surface area contributed by atoms with E-state index in [1.807, 2.05) is 31.2 Å². The molecule has 1 amide bonds. The van der Waals surface area contributed by atoms with Gasteiger partial charge < -0.3 is 10.1 Å². The fourth-order valence-electron chi connectivity index (χ4n) is 2.94. The minimum absolute atomic E-state index is 0.0225. The molecule has 1 unspecified atom stereocenters. The van der Waals surface area contributed by atoms with Gasteiger partial charge in [-0.05, 0) is 38.0 Å². The Morgan fingerprint density at radius 1 is 1.33 bits per heavy atom. The fraction of sp³-hybridized carbons (Fsp3) is 0.611. The number of hydrogen-bond acceptors (Lipinski definition) is 4. The van der Waals surface area contributed by atoms with E-state index in [0.717, 1.165) is 55.8 Å². The zero-order valence-electron chi connectivity index (χ0n) is 14.2. The molecule has 2 aliphatic rings. The van der Waals surface area contributed by atoms with E-state index in [-0.39, 0.29) is 11.9 Å². The van der Waals surface area contributed by atoms with Crippen molar-refractivity contribution in [3.8, 4) is 5.75 Å². The summed E-state index contributed by atoms with van der Waals surface area (Å²) in [5.41, 5.74) is 0. The van der Waals surface area contributed by atoms with Crippen LogP contribution < -0.4 is 10.1 Å². The smallest absolute Gasteiger partial charge is 0.237 e. The van der Waals surface area contributed by atoms with E-state index in [2.05, 4.69) is 31.0 Å². The molecule has 1 saturated heterocycles. The molecule has 3 rings (SSSR count). The predicted octanol–water partition coefficient (Wildman–Crippen LogP) is 2.11. The molecule has 0 radical (unpaired) electrons. The normalized spacial score (nSPS) is 20.6. The summed E-state index contributed by atoms with van der Waals surface area (Å²) < 4.78 is 6.84. The first-order valence-corrected chi connectivity index (χ1v) is 9.56. The third-order valence-corrected chi connectivity index (χ3v) is 5.22. The van der Waals surface area contributed by atoms with Crippen molar-refractivity contribution < 1.29 is 9.53 Å². The van der Waals surface area contributed by atoms with Crippen molar-refractivity contribution in [3.05, 3.63) is 28.7 Å². The number of ether oxygens (including phenoxy) is 1. The highest BCUT2D eigenvalue weighted by molar-refractivity contribution is 9.10. The van der Waals surface area contributed by atoms with Crippen LogP contribution in [0.3, 0.4) is 0 Å². The maximum Gasteiger partial charge on any atom is 0.237 e. The summed E-state index contributed by atoms with van der Waals surface area (Å²) in [6, 6.07) is 8.35. The average Bonchev–Trinajstić information content (AvgIpc) is 3.39. The van der Waals surface area contributed by atoms with Crippen LogP contribution in [0, 0.1) is 0 Å². The quantitative estimate of drug-likeness (QED) is 0.767. The Labute approximate surface area is 152 Å². The molecule has 6 heteroatoms. The van der Waals surface area contributed by atoms with Gasteiger partial charge in [0.15, 0.2) is 0 Å². The molecule has 132 valence electrons. The Bertz CT molecular complexity index is 557. The molecule has 1 aromatic rings. The Balaban J connectivity index is 1.35. The number of amides is 1. The highest BCUT2D eigenvalue weighted by Crippen LogP contribution is 2.19. The molecule has 1 N–H and O–H groups in total. The second-order valence-corrected chi connectivity index (χ2v) is 7.56. The molecule has 1 heterocycles. The van der Waals surface area contributed by atoms with Gasteiger partial charge in [-0.2, -0.15) is 0 Å². The molecule has 0 aromatic heterocycles. The topological polar surface area (TPSA) is 44.8 Å². The van der Waals surface area contributed by atoms with Crippen LogP contribution in [-0.2, 0) is 4.79 Å². The summed E-state index contributed by atoms with van der Waals surface area (Å²) in [5, 5.41) is 3.10. The van der Waals surface area contributed by atoms with Crippen molar-refractivity contribution in [2.45, 2.75) is 31.8 Å². The summed E-state index contributed by atoms with van der Waals surface area (Å²) in [7, 11) is 0. The molecule has 5 nitrogen and oxygen atoms in total. The second kappa shape index (κ2) is 8.32. The Kier molecular flexibility index (Phi) is 6.14. The largest absolute Gasteiger partial charge is 0.492 e. The lowest BCUT2D eigenvalue weighted by atomic mass is 10.2. The van der Waals surface area contributed by atoms with Crippen molar-refractivity contribution in [2.75, 3.05) is 39.3 Å². The van der Waals surface area contributed by atoms with Gasteiger partial charge in [0.2, 0.25) is 5.91 Å². The summed E-state index contributed by atoms with van der Waals surface area (Å²) in [4.78, 5) is 16.8. The second-order valence-electron chi connectivity index (χ2n) is 6.64. The third kappa shape index (κ3) is 5.19. The van der Waals surface area contributed by atoms with E-state index in [1.165, 1.54) is 0 Å². The van der Waals surface area contributed by atoms with Crippen molar-refractivity contribution in [1.29, 1.82) is 0 Å². The zero-order chi connectivity index (χ0) is 16.9. The van der Waals surface area contributed by atoms with Gasteiger partial charge in [0, 0.05) is 43.2 Å². The molecule has 24 heavy (non-hydrogen) atoms. The van der Waals surface area contributed by atoms with Crippen LogP contribution in [0.4, 0.5) is 0 Å². The first kappa shape index (κ1) is 17.7. The molecular weight excluding hydrogens is 370 g/mol. The number of carbonyl (C=O) groups is 1. The summed E-state index contributed by atoms with van der Waals surface area (Å²) in [5.74, 6) is 1.08. The van der Waals surface area contributed by atoms with Crippen LogP contribution in [0.15, 0.2) is 28.7 Å². The number of halogens is 1. The number of nitrogens with zero attached hydrogens (tertiary/aromatic N) is 2. The van der Waals surface area contributed by atoms with Gasteiger partial charge in [-0.25, -0.2) is 0 Å². The Hall–Kier alpha value is -1.11. The number of hydrogen-bond donors (Lipinski definition) is 1. The van der Waals surface area contributed by atoms with Crippen LogP contribution in [0.2, 0.25) is 0 Å². The van der Waals surface area contributed by atoms with Crippen LogP contribution in [0.5, 0.6) is 5.75 Å². The number of carbonyl (C=O) groups excluding carboxylic acids is 1. The van der Waals surface area contributed by atoms with Gasteiger partial charge in [0.25, 0.3) is 0 Å². The molecule has 2 fully saturated rings. The minimum atomic E-state index is -0.0225. The molecule has 0 bridgehead atoms. The first-order chi connectivity index (χ1) is 11.6. The molecular formula is C18H26BrN3O2. The fourth-order valence-corrected chi connectivity index (χ4v) is 3.32. The van der Waals surface area contributed by atoms with E-state index >= 15 is 0 Å². The van der Waals surface area contributed by atoms with Gasteiger partial charge in [-0.1, -0.05) is 22.0 Å². The van der Waals surface area contributed by atoms with Crippen molar-refractivity contribution in [1.82, 2.24) is 15.1 Å².